The van der Waals surface area contributed by atoms with Gasteiger partial charge in [0.2, 0.25) is 0 Å². The maximum Gasteiger partial charge on any atom is 0.153 e. The van der Waals surface area contributed by atoms with E-state index < -0.39 is 0 Å². The van der Waals surface area contributed by atoms with Gasteiger partial charge in [-0.15, -0.1) is 0 Å². The van der Waals surface area contributed by atoms with E-state index in [-0.39, 0.29) is 0 Å². The molecule has 0 unspecified atom stereocenters. The van der Waals surface area contributed by atoms with E-state index in [4.69, 9.17) is 15.7 Å². The maximum atomic E-state index is 8.72. The molecule has 0 atom stereocenters. The van der Waals surface area contributed by atoms with Crippen molar-refractivity contribution in [2.45, 2.75) is 0 Å². The number of benzene rings is 1. The van der Waals surface area contributed by atoms with E-state index in [1.807, 2.05) is 30.3 Å². The average Bonchev–Trinajstić information content (AvgIpc) is 2.42. The molecule has 0 radical (unpaired) electrons. The van der Waals surface area contributed by atoms with E-state index in [0.29, 0.717) is 17.1 Å². The second-order valence-corrected chi connectivity index (χ2v) is 3.63. The van der Waals surface area contributed by atoms with E-state index in [1.54, 1.807) is 13.2 Å². The van der Waals surface area contributed by atoms with Crippen LogP contribution in [0.1, 0.15) is 5.56 Å². The third kappa shape index (κ3) is 2.50. The lowest BCUT2D eigenvalue weighted by atomic mass is 10.2. The summed E-state index contributed by atoms with van der Waals surface area (Å²) in [6, 6.07) is 11.0. The lowest BCUT2D eigenvalue weighted by Gasteiger charge is -2.08. The molecule has 0 aliphatic rings. The summed E-state index contributed by atoms with van der Waals surface area (Å²) in [7, 11) is 1.61. The Bertz CT molecular complexity index is 587. The molecule has 5 heteroatoms. The van der Waals surface area contributed by atoms with Crippen LogP contribution in [0.15, 0.2) is 36.5 Å². The summed E-state index contributed by atoms with van der Waals surface area (Å²) < 4.78 is 5.07. The van der Waals surface area contributed by atoms with Crippen LogP contribution in [-0.4, -0.2) is 12.1 Å². The van der Waals surface area contributed by atoms with Crippen LogP contribution in [0.25, 0.3) is 0 Å². The molecule has 0 amide bonds. The first-order valence-corrected chi connectivity index (χ1v) is 5.29. The van der Waals surface area contributed by atoms with Gasteiger partial charge in [0.25, 0.3) is 0 Å². The Morgan fingerprint density at radius 1 is 1.33 bits per heavy atom. The number of nitrogen functional groups attached to an aromatic ring is 1. The molecule has 1 heterocycles. The van der Waals surface area contributed by atoms with Crippen molar-refractivity contribution in [2.75, 3.05) is 18.2 Å². The van der Waals surface area contributed by atoms with E-state index in [9.17, 15) is 0 Å². The number of anilines is 3. The summed E-state index contributed by atoms with van der Waals surface area (Å²) in [5, 5.41) is 11.8. The van der Waals surface area contributed by atoms with Gasteiger partial charge in [0.05, 0.1) is 18.4 Å². The number of hydrogen-bond acceptors (Lipinski definition) is 5. The highest BCUT2D eigenvalue weighted by Gasteiger charge is 2.03. The number of pyridine rings is 1. The van der Waals surface area contributed by atoms with Gasteiger partial charge in [-0.25, -0.2) is 4.98 Å². The van der Waals surface area contributed by atoms with Gasteiger partial charge >= 0.3 is 0 Å². The van der Waals surface area contributed by atoms with Crippen molar-refractivity contribution in [1.82, 2.24) is 4.98 Å². The first-order chi connectivity index (χ1) is 8.72. The number of aromatic nitrogens is 1. The monoisotopic (exact) mass is 240 g/mol. The first kappa shape index (κ1) is 11.7. The molecule has 0 saturated heterocycles. The zero-order valence-electron chi connectivity index (χ0n) is 9.84. The summed E-state index contributed by atoms with van der Waals surface area (Å²) in [5.74, 6) is 1.31. The van der Waals surface area contributed by atoms with Crippen molar-refractivity contribution in [3.8, 4) is 11.8 Å². The van der Waals surface area contributed by atoms with Gasteiger partial charge < -0.3 is 15.8 Å². The Kier molecular flexibility index (Phi) is 3.30. The number of hydrogen-bond donors (Lipinski definition) is 2. The number of rotatable bonds is 3. The highest BCUT2D eigenvalue weighted by molar-refractivity contribution is 5.69. The number of nitrogens with zero attached hydrogens (tertiary/aromatic N) is 2. The Labute approximate surface area is 105 Å². The molecule has 2 aromatic rings. The van der Waals surface area contributed by atoms with E-state index in [1.165, 1.54) is 6.20 Å². The van der Waals surface area contributed by atoms with Crippen LogP contribution in [0.5, 0.6) is 5.75 Å². The van der Waals surface area contributed by atoms with Crippen LogP contribution < -0.4 is 15.8 Å². The summed E-state index contributed by atoms with van der Waals surface area (Å²) >= 11 is 0. The molecule has 0 spiro atoms. The molecular formula is C13H12N4O. The van der Waals surface area contributed by atoms with E-state index in [0.717, 1.165) is 11.4 Å². The molecule has 1 aromatic heterocycles. The molecule has 18 heavy (non-hydrogen) atoms. The second kappa shape index (κ2) is 5.06. The van der Waals surface area contributed by atoms with Gasteiger partial charge in [-0.1, -0.05) is 0 Å². The molecule has 5 nitrogen and oxygen atoms in total. The summed E-state index contributed by atoms with van der Waals surface area (Å²) in [5.41, 5.74) is 7.52. The minimum Gasteiger partial charge on any atom is -0.497 e. The van der Waals surface area contributed by atoms with Crippen molar-refractivity contribution in [3.63, 3.8) is 0 Å². The molecule has 0 aliphatic carbocycles. The van der Waals surface area contributed by atoms with Gasteiger partial charge in [0.1, 0.15) is 11.8 Å². The maximum absolute atomic E-state index is 8.72. The molecule has 0 aliphatic heterocycles. The Morgan fingerprint density at radius 2 is 2.06 bits per heavy atom. The van der Waals surface area contributed by atoms with Crippen molar-refractivity contribution in [2.24, 2.45) is 0 Å². The molecular weight excluding hydrogens is 228 g/mol. The largest absolute Gasteiger partial charge is 0.497 e. The number of methoxy groups -OCH3 is 1. The van der Waals surface area contributed by atoms with Gasteiger partial charge in [0, 0.05) is 11.9 Å². The Balaban J connectivity index is 2.20. The predicted molar refractivity (Wildman–Crippen MR) is 69.6 cm³/mol. The molecule has 2 rings (SSSR count). The van der Waals surface area contributed by atoms with Crippen molar-refractivity contribution >= 4 is 17.2 Å². The molecule has 90 valence electrons. The van der Waals surface area contributed by atoms with Crippen LogP contribution in [0.4, 0.5) is 17.2 Å². The number of nitrogens with one attached hydrogen (secondary N) is 1. The standard InChI is InChI=1S/C13H12N4O/c1-18-11-4-2-10(3-5-11)17-13-12(15)6-9(7-14)8-16-13/h2-6,8H,15H2,1H3,(H,16,17). The first-order valence-electron chi connectivity index (χ1n) is 5.29. The summed E-state index contributed by atoms with van der Waals surface area (Å²) in [6.45, 7) is 0. The van der Waals surface area contributed by atoms with Gasteiger partial charge in [-0.3, -0.25) is 0 Å². The van der Waals surface area contributed by atoms with Crippen molar-refractivity contribution < 1.29 is 4.74 Å². The fraction of sp³-hybridized carbons (Fsp3) is 0.0769. The normalized spacial score (nSPS) is 9.56. The third-order valence-corrected chi connectivity index (χ3v) is 2.40. The van der Waals surface area contributed by atoms with Crippen molar-refractivity contribution in [3.05, 3.63) is 42.1 Å². The van der Waals surface area contributed by atoms with Crippen LogP contribution >= 0.6 is 0 Å². The van der Waals surface area contributed by atoms with E-state index in [2.05, 4.69) is 10.3 Å². The van der Waals surface area contributed by atoms with Gasteiger partial charge in [-0.2, -0.15) is 5.26 Å². The SMILES string of the molecule is COc1ccc(Nc2ncc(C#N)cc2N)cc1. The molecule has 0 fully saturated rings. The molecule has 0 bridgehead atoms. The Hall–Kier alpha value is -2.74. The highest BCUT2D eigenvalue weighted by Crippen LogP contribution is 2.22. The van der Waals surface area contributed by atoms with Crippen LogP contribution in [0, 0.1) is 11.3 Å². The summed E-state index contributed by atoms with van der Waals surface area (Å²) in [4.78, 5) is 4.10. The zero-order valence-corrected chi connectivity index (χ0v) is 9.84. The lowest BCUT2D eigenvalue weighted by Crippen LogP contribution is -1.99. The fourth-order valence-corrected chi connectivity index (χ4v) is 1.46. The lowest BCUT2D eigenvalue weighted by molar-refractivity contribution is 0.415. The highest BCUT2D eigenvalue weighted by atomic mass is 16.5. The number of nitriles is 1. The minimum atomic E-state index is 0.435. The summed E-state index contributed by atoms with van der Waals surface area (Å²) in [6.07, 6.45) is 1.47. The third-order valence-electron chi connectivity index (χ3n) is 2.40. The average molecular weight is 240 g/mol. The fourth-order valence-electron chi connectivity index (χ4n) is 1.46. The second-order valence-electron chi connectivity index (χ2n) is 3.63. The zero-order chi connectivity index (χ0) is 13.0. The van der Waals surface area contributed by atoms with Crippen molar-refractivity contribution in [1.29, 1.82) is 5.26 Å². The quantitative estimate of drug-likeness (QED) is 0.859. The molecule has 0 saturated carbocycles. The number of nitrogens with two attached hydrogens (primary N) is 1. The predicted octanol–water partition coefficient (Wildman–Crippen LogP) is 2.29. The van der Waals surface area contributed by atoms with Crippen LogP contribution in [0.2, 0.25) is 0 Å². The van der Waals surface area contributed by atoms with Crippen LogP contribution in [-0.2, 0) is 0 Å². The molecule has 3 N–H and O–H groups in total. The molecule has 1 aromatic carbocycles. The minimum absolute atomic E-state index is 0.435. The van der Waals surface area contributed by atoms with Gasteiger partial charge in [0.15, 0.2) is 5.82 Å². The smallest absolute Gasteiger partial charge is 0.153 e. The van der Waals surface area contributed by atoms with Crippen LogP contribution in [0.3, 0.4) is 0 Å². The Morgan fingerprint density at radius 3 is 2.61 bits per heavy atom. The number of ether oxygens (including phenoxy) is 1. The van der Waals surface area contributed by atoms with Gasteiger partial charge in [-0.05, 0) is 30.3 Å². The topological polar surface area (TPSA) is 84.0 Å². The van der Waals surface area contributed by atoms with E-state index >= 15 is 0 Å².